The summed E-state index contributed by atoms with van der Waals surface area (Å²) in [6.45, 7) is 11.1. The molecule has 2 unspecified atom stereocenters. The lowest BCUT2D eigenvalue weighted by molar-refractivity contribution is 0.390. The van der Waals surface area contributed by atoms with Gasteiger partial charge in [-0.05, 0) is 37.8 Å². The summed E-state index contributed by atoms with van der Waals surface area (Å²) in [6, 6.07) is 0.619. The van der Waals surface area contributed by atoms with Gasteiger partial charge in [0.2, 0.25) is 0 Å². The molecule has 0 aliphatic rings. The first-order chi connectivity index (χ1) is 7.06. The van der Waals surface area contributed by atoms with E-state index in [0.29, 0.717) is 6.04 Å². The van der Waals surface area contributed by atoms with Crippen molar-refractivity contribution < 1.29 is 0 Å². The fourth-order valence-corrected chi connectivity index (χ4v) is 1.76. The molecule has 0 fully saturated rings. The molecule has 92 valence electrons. The lowest BCUT2D eigenvalue weighted by Gasteiger charge is -2.16. The summed E-state index contributed by atoms with van der Waals surface area (Å²) in [4.78, 5) is 0. The van der Waals surface area contributed by atoms with Crippen molar-refractivity contribution in [1.82, 2.24) is 5.32 Å². The molecule has 0 spiro atoms. The van der Waals surface area contributed by atoms with Gasteiger partial charge in [0.05, 0.1) is 0 Å². The highest BCUT2D eigenvalue weighted by Gasteiger charge is 2.06. The van der Waals surface area contributed by atoms with Crippen LogP contribution in [0.4, 0.5) is 0 Å². The molecule has 0 rings (SSSR count). The molecule has 0 bridgehead atoms. The van der Waals surface area contributed by atoms with E-state index in [2.05, 4.69) is 33.0 Å². The first kappa shape index (κ1) is 14.9. The molecule has 0 saturated heterocycles. The van der Waals surface area contributed by atoms with E-state index in [1.54, 1.807) is 0 Å². The van der Waals surface area contributed by atoms with Crippen LogP contribution in [0.15, 0.2) is 0 Å². The minimum absolute atomic E-state index is 0.619. The fraction of sp³-hybridized carbons (Fsp3) is 1.00. The smallest absolute Gasteiger partial charge is 0.00103 e. The van der Waals surface area contributed by atoms with Crippen molar-refractivity contribution in [1.29, 1.82) is 0 Å². The zero-order valence-electron chi connectivity index (χ0n) is 11.1. The number of hydrogen-bond donors (Lipinski definition) is 2. The van der Waals surface area contributed by atoms with Gasteiger partial charge in [0, 0.05) is 6.04 Å². The Balaban J connectivity index is 3.36. The third kappa shape index (κ3) is 10.2. The monoisotopic (exact) mass is 214 g/mol. The quantitative estimate of drug-likeness (QED) is 0.619. The van der Waals surface area contributed by atoms with Crippen LogP contribution in [0.1, 0.15) is 53.4 Å². The summed E-state index contributed by atoms with van der Waals surface area (Å²) >= 11 is 0. The van der Waals surface area contributed by atoms with Crippen LogP contribution in [-0.4, -0.2) is 19.1 Å². The molecule has 0 amide bonds. The third-order valence-corrected chi connectivity index (χ3v) is 3.00. The van der Waals surface area contributed by atoms with Crippen LogP contribution < -0.4 is 11.1 Å². The number of nitrogens with one attached hydrogen (secondary N) is 1. The van der Waals surface area contributed by atoms with Gasteiger partial charge in [-0.3, -0.25) is 0 Å². The van der Waals surface area contributed by atoms with Crippen LogP contribution in [0.3, 0.4) is 0 Å². The van der Waals surface area contributed by atoms with Gasteiger partial charge in [-0.1, -0.05) is 40.5 Å². The Morgan fingerprint density at radius 1 is 0.867 bits per heavy atom. The van der Waals surface area contributed by atoms with E-state index < -0.39 is 0 Å². The van der Waals surface area contributed by atoms with Gasteiger partial charge in [-0.25, -0.2) is 0 Å². The molecule has 0 aromatic rings. The highest BCUT2D eigenvalue weighted by atomic mass is 14.9. The van der Waals surface area contributed by atoms with Crippen molar-refractivity contribution in [3.05, 3.63) is 0 Å². The predicted molar refractivity (Wildman–Crippen MR) is 69.0 cm³/mol. The molecule has 2 nitrogen and oxygen atoms in total. The topological polar surface area (TPSA) is 38.0 Å². The second-order valence-electron chi connectivity index (χ2n) is 5.26. The van der Waals surface area contributed by atoms with Gasteiger partial charge in [0.15, 0.2) is 0 Å². The average Bonchev–Trinajstić information content (AvgIpc) is 2.14. The second-order valence-corrected chi connectivity index (χ2v) is 5.26. The molecular weight excluding hydrogens is 184 g/mol. The SMILES string of the molecule is CC(CCN)CCC(C)CCNC(C)C. The molecule has 0 aromatic heterocycles. The highest BCUT2D eigenvalue weighted by molar-refractivity contribution is 4.61. The van der Waals surface area contributed by atoms with Crippen LogP contribution in [-0.2, 0) is 0 Å². The third-order valence-electron chi connectivity index (χ3n) is 3.00. The molecule has 0 aliphatic heterocycles. The van der Waals surface area contributed by atoms with Gasteiger partial charge in [-0.2, -0.15) is 0 Å². The Hall–Kier alpha value is -0.0800. The Bertz CT molecular complexity index is 134. The fourth-order valence-electron chi connectivity index (χ4n) is 1.76. The van der Waals surface area contributed by atoms with Gasteiger partial charge in [0.1, 0.15) is 0 Å². The molecule has 2 heteroatoms. The van der Waals surface area contributed by atoms with Crippen LogP contribution in [0.25, 0.3) is 0 Å². The lowest BCUT2D eigenvalue weighted by atomic mass is 9.94. The van der Waals surface area contributed by atoms with Crippen molar-refractivity contribution in [3.63, 3.8) is 0 Å². The van der Waals surface area contributed by atoms with Crippen molar-refractivity contribution >= 4 is 0 Å². The largest absolute Gasteiger partial charge is 0.330 e. The summed E-state index contributed by atoms with van der Waals surface area (Å²) in [5, 5.41) is 3.47. The number of hydrogen-bond acceptors (Lipinski definition) is 2. The zero-order valence-corrected chi connectivity index (χ0v) is 11.1. The summed E-state index contributed by atoms with van der Waals surface area (Å²) in [7, 11) is 0. The minimum Gasteiger partial charge on any atom is -0.330 e. The first-order valence-electron chi connectivity index (χ1n) is 6.49. The maximum atomic E-state index is 5.54. The van der Waals surface area contributed by atoms with E-state index >= 15 is 0 Å². The summed E-state index contributed by atoms with van der Waals surface area (Å²) in [5.74, 6) is 1.65. The number of nitrogens with two attached hydrogens (primary N) is 1. The maximum absolute atomic E-state index is 5.54. The van der Waals surface area contributed by atoms with Crippen LogP contribution >= 0.6 is 0 Å². The predicted octanol–water partition coefficient (Wildman–Crippen LogP) is 2.78. The van der Waals surface area contributed by atoms with Crippen LogP contribution in [0.2, 0.25) is 0 Å². The van der Waals surface area contributed by atoms with Crippen LogP contribution in [0, 0.1) is 11.8 Å². The second kappa shape index (κ2) is 9.17. The van der Waals surface area contributed by atoms with Gasteiger partial charge in [-0.15, -0.1) is 0 Å². The molecule has 3 N–H and O–H groups in total. The summed E-state index contributed by atoms with van der Waals surface area (Å²) < 4.78 is 0. The van der Waals surface area contributed by atoms with E-state index in [0.717, 1.165) is 24.9 Å². The van der Waals surface area contributed by atoms with E-state index in [1.165, 1.54) is 25.7 Å². The molecule has 0 aliphatic carbocycles. The first-order valence-corrected chi connectivity index (χ1v) is 6.49. The van der Waals surface area contributed by atoms with Crippen molar-refractivity contribution in [2.45, 2.75) is 59.4 Å². The van der Waals surface area contributed by atoms with Crippen molar-refractivity contribution in [2.24, 2.45) is 17.6 Å². The zero-order chi connectivity index (χ0) is 11.7. The summed E-state index contributed by atoms with van der Waals surface area (Å²) in [6.07, 6.45) is 5.16. The lowest BCUT2D eigenvalue weighted by Crippen LogP contribution is -2.25. The van der Waals surface area contributed by atoms with E-state index in [4.69, 9.17) is 5.73 Å². The normalized spacial score (nSPS) is 15.6. The molecule has 0 radical (unpaired) electrons. The van der Waals surface area contributed by atoms with Gasteiger partial charge >= 0.3 is 0 Å². The van der Waals surface area contributed by atoms with Crippen molar-refractivity contribution in [3.8, 4) is 0 Å². The van der Waals surface area contributed by atoms with Gasteiger partial charge in [0.25, 0.3) is 0 Å². The number of rotatable bonds is 9. The maximum Gasteiger partial charge on any atom is 0.00103 e. The van der Waals surface area contributed by atoms with Crippen LogP contribution in [0.5, 0.6) is 0 Å². The Morgan fingerprint density at radius 3 is 1.87 bits per heavy atom. The van der Waals surface area contributed by atoms with E-state index in [1.807, 2.05) is 0 Å². The standard InChI is InChI=1S/C13H30N2/c1-11(2)15-10-8-13(4)6-5-12(3)7-9-14/h11-13,15H,5-10,14H2,1-4H3. The average molecular weight is 214 g/mol. The Labute approximate surface area is 96.0 Å². The molecule has 2 atom stereocenters. The van der Waals surface area contributed by atoms with Crippen molar-refractivity contribution in [2.75, 3.05) is 13.1 Å². The highest BCUT2D eigenvalue weighted by Crippen LogP contribution is 2.16. The molecule has 15 heavy (non-hydrogen) atoms. The summed E-state index contributed by atoms with van der Waals surface area (Å²) in [5.41, 5.74) is 5.54. The Morgan fingerprint density at radius 2 is 1.40 bits per heavy atom. The molecule has 0 heterocycles. The Kier molecular flexibility index (Phi) is 9.12. The molecule has 0 aromatic carbocycles. The minimum atomic E-state index is 0.619. The molecular formula is C13H30N2. The van der Waals surface area contributed by atoms with E-state index in [-0.39, 0.29) is 0 Å². The molecule has 0 saturated carbocycles. The van der Waals surface area contributed by atoms with Gasteiger partial charge < -0.3 is 11.1 Å². The van der Waals surface area contributed by atoms with E-state index in [9.17, 15) is 0 Å².